The van der Waals surface area contributed by atoms with E-state index in [2.05, 4.69) is 46.2 Å². The molecule has 7 rings (SSSR count). The van der Waals surface area contributed by atoms with Crippen LogP contribution < -0.4 is 36.2 Å². The highest BCUT2D eigenvalue weighted by Crippen LogP contribution is 2.29. The number of benzene rings is 3. The Kier molecular flexibility index (Phi) is 17.7. The second-order valence-electron chi connectivity index (χ2n) is 20.8. The van der Waals surface area contributed by atoms with Crippen molar-refractivity contribution in [2.45, 2.75) is 110 Å². The summed E-state index contributed by atoms with van der Waals surface area (Å²) in [6.07, 6.45) is 1.45. The number of hydrogen-bond donors (Lipinski definition) is 6. The molecular formula is C53H71N11O7S2. The van der Waals surface area contributed by atoms with Gasteiger partial charge in [-0.05, 0) is 112 Å². The zero-order valence-corrected chi connectivity index (χ0v) is 44.9. The van der Waals surface area contributed by atoms with Gasteiger partial charge in [-0.15, -0.1) is 11.3 Å². The number of likely N-dealkylation sites (tertiary alicyclic amines) is 1. The maximum Gasteiger partial charge on any atom is 0.246 e. The quantitative estimate of drug-likeness (QED) is 0.0615. The summed E-state index contributed by atoms with van der Waals surface area (Å²) in [7, 11) is -3.71. The molecular weight excluding hydrogens is 967 g/mol. The molecule has 18 nitrogen and oxygen atoms in total. The Hall–Kier alpha value is -6.35. The molecule has 392 valence electrons. The lowest BCUT2D eigenvalue weighted by molar-refractivity contribution is -0.144. The molecule has 6 N–H and O–H groups in total. The fraction of sp³-hybridized carbons (Fsp3) is 0.472. The number of carbonyl (C=O) groups is 4. The number of hydrogen-bond acceptors (Lipinski definition) is 14. The lowest BCUT2D eigenvalue weighted by Gasteiger charge is -2.36. The zero-order valence-electron chi connectivity index (χ0n) is 43.3. The van der Waals surface area contributed by atoms with Gasteiger partial charge < -0.3 is 46.0 Å². The van der Waals surface area contributed by atoms with Crippen LogP contribution in [-0.4, -0.2) is 123 Å². The molecule has 0 spiro atoms. The number of carbonyl (C=O) groups excluding carboxylic acids is 4. The van der Waals surface area contributed by atoms with E-state index >= 15 is 0 Å². The van der Waals surface area contributed by atoms with E-state index < -0.39 is 33.1 Å². The summed E-state index contributed by atoms with van der Waals surface area (Å²) in [5, 5.41) is 15.9. The first kappa shape index (κ1) is 54.4. The summed E-state index contributed by atoms with van der Waals surface area (Å²) in [5.41, 5.74) is 7.05. The number of amides is 4. The maximum absolute atomic E-state index is 14.0. The predicted molar refractivity (Wildman–Crippen MR) is 287 cm³/mol. The Morgan fingerprint density at radius 3 is 2.25 bits per heavy atom. The third kappa shape index (κ3) is 14.9. The van der Waals surface area contributed by atoms with E-state index in [0.29, 0.717) is 76.1 Å². The molecule has 0 radical (unpaired) electrons. The van der Waals surface area contributed by atoms with Crippen molar-refractivity contribution in [1.82, 2.24) is 35.5 Å². The Balaban J connectivity index is 0.792. The normalized spacial score (nSPS) is 16.9. The molecule has 2 fully saturated rings. The maximum atomic E-state index is 14.0. The average molecular weight is 1040 g/mol. The van der Waals surface area contributed by atoms with Crippen LogP contribution >= 0.6 is 11.3 Å². The number of sulfonamides is 1. The molecule has 3 aliphatic rings. The van der Waals surface area contributed by atoms with Crippen molar-refractivity contribution in [1.29, 1.82) is 0 Å². The SMILES string of the molecule is CC1=C(Nc2cccc(S(=O)(=O)NC(C)(C)C)c2)NC(Nc2ccc(N3CCN(C(=O)CCOCCC(=O)N[C@H](C(=O)N4CCC[C@H]4C(=O)NCc4ccc(-c5scnc5C)cc4)C(C)(C)C)CC3)cc2)=NC1. The van der Waals surface area contributed by atoms with Gasteiger partial charge in [0.15, 0.2) is 0 Å². The third-order valence-corrected chi connectivity index (χ3v) is 15.5. The van der Waals surface area contributed by atoms with Gasteiger partial charge in [-0.25, -0.2) is 23.1 Å². The van der Waals surface area contributed by atoms with Crippen LogP contribution in [0.15, 0.2) is 99.6 Å². The van der Waals surface area contributed by atoms with Crippen LogP contribution in [0.4, 0.5) is 17.1 Å². The minimum absolute atomic E-state index is 0.0136. The molecule has 73 heavy (non-hydrogen) atoms. The second-order valence-corrected chi connectivity index (χ2v) is 23.4. The summed E-state index contributed by atoms with van der Waals surface area (Å²) < 4.78 is 34.3. The minimum Gasteiger partial charge on any atom is -0.380 e. The largest absolute Gasteiger partial charge is 0.380 e. The summed E-state index contributed by atoms with van der Waals surface area (Å²) in [4.78, 5) is 69.7. The Morgan fingerprint density at radius 2 is 1.58 bits per heavy atom. The van der Waals surface area contributed by atoms with Gasteiger partial charge in [0.2, 0.25) is 39.6 Å². The number of thiazole rings is 1. The van der Waals surface area contributed by atoms with Crippen LogP contribution in [-0.2, 0) is 40.5 Å². The fourth-order valence-electron chi connectivity index (χ4n) is 8.80. The Morgan fingerprint density at radius 1 is 0.863 bits per heavy atom. The molecule has 4 heterocycles. The van der Waals surface area contributed by atoms with Gasteiger partial charge >= 0.3 is 0 Å². The fourth-order valence-corrected chi connectivity index (χ4v) is 11.1. The van der Waals surface area contributed by atoms with Gasteiger partial charge in [-0.3, -0.25) is 19.2 Å². The van der Waals surface area contributed by atoms with Gasteiger partial charge in [0.1, 0.15) is 17.9 Å². The van der Waals surface area contributed by atoms with Crippen molar-refractivity contribution in [3.63, 3.8) is 0 Å². The Labute approximate surface area is 433 Å². The van der Waals surface area contributed by atoms with Gasteiger partial charge in [-0.1, -0.05) is 51.1 Å². The van der Waals surface area contributed by atoms with Crippen LogP contribution in [0.25, 0.3) is 10.4 Å². The van der Waals surface area contributed by atoms with Crippen molar-refractivity contribution < 1.29 is 32.3 Å². The number of anilines is 3. The molecule has 3 aromatic carbocycles. The zero-order chi connectivity index (χ0) is 52.5. The summed E-state index contributed by atoms with van der Waals surface area (Å²) in [5.74, 6) is 0.410. The summed E-state index contributed by atoms with van der Waals surface area (Å²) >= 11 is 1.59. The number of nitrogens with one attached hydrogen (secondary N) is 6. The van der Waals surface area contributed by atoms with Crippen molar-refractivity contribution in [3.8, 4) is 10.4 Å². The summed E-state index contributed by atoms with van der Waals surface area (Å²) in [6, 6.07) is 21.2. The number of ether oxygens (including phenoxy) is 1. The number of rotatable bonds is 18. The summed E-state index contributed by atoms with van der Waals surface area (Å²) in [6.45, 7) is 19.0. The number of aromatic nitrogens is 1. The van der Waals surface area contributed by atoms with Gasteiger partial charge in [-0.2, -0.15) is 0 Å². The van der Waals surface area contributed by atoms with Crippen molar-refractivity contribution >= 4 is 68.0 Å². The van der Waals surface area contributed by atoms with E-state index in [-0.39, 0.29) is 54.6 Å². The topological polar surface area (TPSA) is 219 Å². The van der Waals surface area contributed by atoms with Crippen LogP contribution in [0.3, 0.4) is 0 Å². The molecule has 1 aromatic heterocycles. The molecule has 4 aromatic rings. The first-order valence-electron chi connectivity index (χ1n) is 24.9. The van der Waals surface area contributed by atoms with E-state index in [9.17, 15) is 27.6 Å². The number of nitrogens with zero attached hydrogens (tertiary/aromatic N) is 5. The number of piperazine rings is 1. The molecule has 2 saturated heterocycles. The van der Waals surface area contributed by atoms with Crippen LogP contribution in [0.1, 0.15) is 85.4 Å². The van der Waals surface area contributed by atoms with Gasteiger partial charge in [0.25, 0.3) is 0 Å². The highest BCUT2D eigenvalue weighted by molar-refractivity contribution is 7.89. The van der Waals surface area contributed by atoms with E-state index in [4.69, 9.17) is 4.74 Å². The van der Waals surface area contributed by atoms with Crippen LogP contribution in [0, 0.1) is 12.3 Å². The molecule has 3 aliphatic heterocycles. The molecule has 4 amide bonds. The molecule has 2 atom stereocenters. The number of aryl methyl sites for hydroxylation is 1. The number of guanidine groups is 1. The Bertz CT molecular complexity index is 2770. The lowest BCUT2D eigenvalue weighted by Crippen LogP contribution is -2.57. The van der Waals surface area contributed by atoms with Crippen LogP contribution in [0.5, 0.6) is 0 Å². The van der Waals surface area contributed by atoms with Crippen LogP contribution in [0.2, 0.25) is 0 Å². The lowest BCUT2D eigenvalue weighted by atomic mass is 9.85. The highest BCUT2D eigenvalue weighted by atomic mass is 32.2. The third-order valence-electron chi connectivity index (χ3n) is 12.7. The van der Waals surface area contributed by atoms with Gasteiger partial charge in [0.05, 0.1) is 47.2 Å². The van der Waals surface area contributed by atoms with Crippen molar-refractivity contribution in [2.24, 2.45) is 10.4 Å². The molecule has 0 bridgehead atoms. The smallest absolute Gasteiger partial charge is 0.246 e. The van der Waals surface area contributed by atoms with Crippen molar-refractivity contribution in [3.05, 3.63) is 101 Å². The standard InChI is InChI=1S/C53H71N11O7S2/c1-35-32-55-51(60-48(35)57-40-11-9-12-42(31-40)73(69,70)61-53(6,7)8)58-39-18-20-41(21-19-39)62-25-27-63(28-26-62)45(66)23-30-71-29-22-44(65)59-47(52(3,4)5)50(68)64-24-10-13-43(64)49(67)54-33-37-14-16-38(17-15-37)46-36(2)56-34-72-46/h9,11-12,14-21,31,34,43,47,57,61H,10,13,22-30,32-33H2,1-8H3,(H,54,67)(H,59,65)(H2,55,58,60)/t43-,47+/m0/s1. The van der Waals surface area contributed by atoms with E-state index in [1.807, 2.05) is 99.6 Å². The number of aliphatic imine (C=N–C) groups is 1. The average Bonchev–Trinajstić information content (AvgIpc) is 4.02. The minimum atomic E-state index is -3.71. The van der Waals surface area contributed by atoms with E-state index in [1.54, 1.807) is 55.2 Å². The molecule has 0 unspecified atom stereocenters. The first-order valence-corrected chi connectivity index (χ1v) is 27.3. The second kappa shape index (κ2) is 23.7. The molecule has 0 aliphatic carbocycles. The monoisotopic (exact) mass is 1040 g/mol. The van der Waals surface area contributed by atoms with Gasteiger partial charge in [0, 0.05) is 68.3 Å². The van der Waals surface area contributed by atoms with Crippen molar-refractivity contribution in [2.75, 3.05) is 68.0 Å². The molecule has 0 saturated carbocycles. The molecule has 20 heteroatoms. The first-order chi connectivity index (χ1) is 34.6. The predicted octanol–water partition coefficient (Wildman–Crippen LogP) is 6.19. The van der Waals surface area contributed by atoms with E-state index in [1.165, 1.54) is 0 Å². The highest BCUT2D eigenvalue weighted by Gasteiger charge is 2.42. The van der Waals surface area contributed by atoms with E-state index in [0.717, 1.165) is 38.6 Å².